The maximum atomic E-state index is 12.4. The Morgan fingerprint density at radius 1 is 1.22 bits per heavy atom. The monoisotopic (exact) mass is 334 g/mol. The zero-order chi connectivity index (χ0) is 17.0. The molecular formula is C18H26N2O2S. The van der Waals surface area contributed by atoms with E-state index in [9.17, 15) is 9.59 Å². The fourth-order valence-corrected chi connectivity index (χ4v) is 3.75. The van der Waals surface area contributed by atoms with E-state index in [0.29, 0.717) is 11.8 Å². The second-order valence-corrected chi connectivity index (χ2v) is 7.99. The van der Waals surface area contributed by atoms with Gasteiger partial charge in [0, 0.05) is 23.6 Å². The summed E-state index contributed by atoms with van der Waals surface area (Å²) in [6.07, 6.45) is 1.65. The van der Waals surface area contributed by atoms with Gasteiger partial charge in [-0.3, -0.25) is 9.59 Å². The van der Waals surface area contributed by atoms with E-state index in [4.69, 9.17) is 0 Å². The zero-order valence-corrected chi connectivity index (χ0v) is 15.2. The van der Waals surface area contributed by atoms with Crippen LogP contribution in [0.2, 0.25) is 0 Å². The molecule has 1 heterocycles. The van der Waals surface area contributed by atoms with E-state index < -0.39 is 0 Å². The van der Waals surface area contributed by atoms with Gasteiger partial charge in [-0.2, -0.15) is 0 Å². The number of likely N-dealkylation sites (tertiary alicyclic amines) is 1. The Hall–Kier alpha value is -1.49. The highest BCUT2D eigenvalue weighted by Crippen LogP contribution is 2.25. The molecule has 1 saturated heterocycles. The van der Waals surface area contributed by atoms with E-state index in [1.807, 2.05) is 18.7 Å². The van der Waals surface area contributed by atoms with Gasteiger partial charge in [0.25, 0.3) is 0 Å². The molecule has 1 aliphatic heterocycles. The van der Waals surface area contributed by atoms with Crippen molar-refractivity contribution in [1.29, 1.82) is 0 Å². The number of hydrogen-bond acceptors (Lipinski definition) is 3. The standard InChI is InChI=1S/C18H26N2O2S/c1-12(2)23-16-9-7-15(8-10-16)13(3)19-18(22)17-6-5-11-20(17)14(4)21/h7-10,12-13,17H,5-6,11H2,1-4H3,(H,19,22). The van der Waals surface area contributed by atoms with Crippen LogP contribution >= 0.6 is 11.8 Å². The predicted octanol–water partition coefficient (Wildman–Crippen LogP) is 3.38. The molecule has 0 bridgehead atoms. The lowest BCUT2D eigenvalue weighted by Crippen LogP contribution is -2.45. The molecule has 0 radical (unpaired) electrons. The molecule has 126 valence electrons. The van der Waals surface area contributed by atoms with Crippen LogP contribution in [-0.4, -0.2) is 34.6 Å². The van der Waals surface area contributed by atoms with E-state index in [1.54, 1.807) is 4.90 Å². The lowest BCUT2D eigenvalue weighted by molar-refractivity contribution is -0.137. The average Bonchev–Trinajstić information content (AvgIpc) is 2.97. The molecule has 0 spiro atoms. The molecule has 1 aromatic carbocycles. The van der Waals surface area contributed by atoms with Crippen LogP contribution in [0.4, 0.5) is 0 Å². The van der Waals surface area contributed by atoms with Crippen molar-refractivity contribution in [2.45, 2.75) is 62.8 Å². The Morgan fingerprint density at radius 3 is 2.43 bits per heavy atom. The maximum Gasteiger partial charge on any atom is 0.243 e. The number of thioether (sulfide) groups is 1. The highest BCUT2D eigenvalue weighted by Gasteiger charge is 2.32. The van der Waals surface area contributed by atoms with E-state index in [1.165, 1.54) is 11.8 Å². The zero-order valence-electron chi connectivity index (χ0n) is 14.3. The molecule has 2 atom stereocenters. The first-order valence-electron chi connectivity index (χ1n) is 8.22. The van der Waals surface area contributed by atoms with E-state index >= 15 is 0 Å². The Balaban J connectivity index is 1.96. The summed E-state index contributed by atoms with van der Waals surface area (Å²) in [4.78, 5) is 26.9. The molecule has 5 heteroatoms. The second kappa shape index (κ2) is 7.86. The third-order valence-corrected chi connectivity index (χ3v) is 5.09. The summed E-state index contributed by atoms with van der Waals surface area (Å²) in [5, 5.41) is 3.60. The van der Waals surface area contributed by atoms with E-state index in [2.05, 4.69) is 43.4 Å². The van der Waals surface area contributed by atoms with Gasteiger partial charge in [0.15, 0.2) is 0 Å². The Morgan fingerprint density at radius 2 is 1.87 bits per heavy atom. The minimum atomic E-state index is -0.314. The van der Waals surface area contributed by atoms with E-state index in [0.717, 1.165) is 18.4 Å². The van der Waals surface area contributed by atoms with Crippen molar-refractivity contribution in [3.05, 3.63) is 29.8 Å². The van der Waals surface area contributed by atoms with Crippen molar-refractivity contribution in [3.63, 3.8) is 0 Å². The third-order valence-electron chi connectivity index (χ3n) is 4.07. The molecule has 0 aliphatic carbocycles. The number of nitrogens with one attached hydrogen (secondary N) is 1. The van der Waals surface area contributed by atoms with Gasteiger partial charge in [-0.1, -0.05) is 26.0 Å². The van der Waals surface area contributed by atoms with Crippen molar-refractivity contribution in [2.75, 3.05) is 6.54 Å². The van der Waals surface area contributed by atoms with Crippen molar-refractivity contribution in [3.8, 4) is 0 Å². The maximum absolute atomic E-state index is 12.4. The van der Waals surface area contributed by atoms with Crippen LogP contribution in [0, 0.1) is 0 Å². The molecule has 1 fully saturated rings. The lowest BCUT2D eigenvalue weighted by Gasteiger charge is -2.24. The van der Waals surface area contributed by atoms with Crippen molar-refractivity contribution < 1.29 is 9.59 Å². The molecule has 1 N–H and O–H groups in total. The molecule has 0 aromatic heterocycles. The van der Waals surface area contributed by atoms with Crippen LogP contribution in [0.3, 0.4) is 0 Å². The summed E-state index contributed by atoms with van der Waals surface area (Å²) >= 11 is 1.83. The highest BCUT2D eigenvalue weighted by atomic mass is 32.2. The largest absolute Gasteiger partial charge is 0.348 e. The first-order chi connectivity index (χ1) is 10.9. The van der Waals surface area contributed by atoms with Crippen LogP contribution in [0.1, 0.15) is 52.1 Å². The number of amides is 2. The Kier molecular flexibility index (Phi) is 6.10. The van der Waals surface area contributed by atoms with Gasteiger partial charge in [-0.05, 0) is 37.5 Å². The number of rotatable bonds is 5. The average molecular weight is 334 g/mol. The Bertz CT molecular complexity index is 557. The first-order valence-corrected chi connectivity index (χ1v) is 9.10. The van der Waals surface area contributed by atoms with Gasteiger partial charge in [-0.25, -0.2) is 0 Å². The summed E-state index contributed by atoms with van der Waals surface area (Å²) in [7, 11) is 0. The minimum absolute atomic E-state index is 0.0228. The van der Waals surface area contributed by atoms with Gasteiger partial charge in [0.1, 0.15) is 6.04 Å². The van der Waals surface area contributed by atoms with Crippen LogP contribution in [-0.2, 0) is 9.59 Å². The molecule has 23 heavy (non-hydrogen) atoms. The van der Waals surface area contributed by atoms with E-state index in [-0.39, 0.29) is 23.9 Å². The van der Waals surface area contributed by atoms with Gasteiger partial charge >= 0.3 is 0 Å². The molecule has 1 aliphatic rings. The van der Waals surface area contributed by atoms with Gasteiger partial charge in [0.05, 0.1) is 6.04 Å². The second-order valence-electron chi connectivity index (χ2n) is 6.34. The van der Waals surface area contributed by atoms with Crippen molar-refractivity contribution in [1.82, 2.24) is 10.2 Å². The highest BCUT2D eigenvalue weighted by molar-refractivity contribution is 7.99. The van der Waals surface area contributed by atoms with Crippen LogP contribution in [0.5, 0.6) is 0 Å². The van der Waals surface area contributed by atoms with Crippen LogP contribution in [0.25, 0.3) is 0 Å². The molecule has 2 amide bonds. The summed E-state index contributed by atoms with van der Waals surface area (Å²) < 4.78 is 0. The van der Waals surface area contributed by atoms with Gasteiger partial charge in [0.2, 0.25) is 11.8 Å². The SMILES string of the molecule is CC(=O)N1CCCC1C(=O)NC(C)c1ccc(SC(C)C)cc1. The number of nitrogens with zero attached hydrogens (tertiary/aromatic N) is 1. The number of carbonyl (C=O) groups excluding carboxylic acids is 2. The summed E-state index contributed by atoms with van der Waals surface area (Å²) in [6.45, 7) is 8.53. The summed E-state index contributed by atoms with van der Waals surface area (Å²) in [5.41, 5.74) is 1.08. The summed E-state index contributed by atoms with van der Waals surface area (Å²) in [6, 6.07) is 7.95. The predicted molar refractivity (Wildman–Crippen MR) is 94.4 cm³/mol. The molecule has 2 unspecified atom stereocenters. The first kappa shape index (κ1) is 17.9. The fraction of sp³-hybridized carbons (Fsp3) is 0.556. The number of hydrogen-bond donors (Lipinski definition) is 1. The normalized spacial score (nSPS) is 19.0. The van der Waals surface area contributed by atoms with Crippen molar-refractivity contribution >= 4 is 23.6 Å². The molecule has 2 rings (SSSR count). The molecule has 1 aromatic rings. The number of carbonyl (C=O) groups is 2. The van der Waals surface area contributed by atoms with Gasteiger partial charge in [-0.15, -0.1) is 11.8 Å². The van der Waals surface area contributed by atoms with Gasteiger partial charge < -0.3 is 10.2 Å². The smallest absolute Gasteiger partial charge is 0.243 e. The molecule has 0 saturated carbocycles. The fourth-order valence-electron chi connectivity index (χ4n) is 2.92. The Labute approximate surface area is 143 Å². The van der Waals surface area contributed by atoms with Crippen LogP contribution < -0.4 is 5.32 Å². The van der Waals surface area contributed by atoms with Crippen molar-refractivity contribution in [2.24, 2.45) is 0 Å². The molecule has 4 nitrogen and oxygen atoms in total. The topological polar surface area (TPSA) is 49.4 Å². The lowest BCUT2D eigenvalue weighted by atomic mass is 10.1. The molecular weight excluding hydrogens is 308 g/mol. The minimum Gasteiger partial charge on any atom is -0.348 e. The summed E-state index contributed by atoms with van der Waals surface area (Å²) in [5.74, 6) is -0.0730. The van der Waals surface area contributed by atoms with Crippen LogP contribution in [0.15, 0.2) is 29.2 Å². The quantitative estimate of drug-likeness (QED) is 0.840. The number of benzene rings is 1. The third kappa shape index (κ3) is 4.74.